The molecule has 0 saturated carbocycles. The highest BCUT2D eigenvalue weighted by molar-refractivity contribution is 6.37. The van der Waals surface area contributed by atoms with Crippen LogP contribution in [0.1, 0.15) is 41.5 Å². The summed E-state index contributed by atoms with van der Waals surface area (Å²) >= 11 is 12.9. The summed E-state index contributed by atoms with van der Waals surface area (Å²) in [6, 6.07) is 4.59. The number of hydrogen-bond acceptors (Lipinski definition) is 5. The maximum Gasteiger partial charge on any atom is 0.341 e. The highest BCUT2D eigenvalue weighted by Crippen LogP contribution is 2.39. The van der Waals surface area contributed by atoms with Crippen LogP contribution < -0.4 is 11.1 Å². The van der Waals surface area contributed by atoms with Crippen LogP contribution >= 0.6 is 23.2 Å². The number of benzene rings is 1. The van der Waals surface area contributed by atoms with Crippen molar-refractivity contribution >= 4 is 46.5 Å². The largest absolute Gasteiger partial charge is 0.477 e. The average molecular weight is 436 g/mol. The van der Waals surface area contributed by atoms with Crippen molar-refractivity contribution in [2.24, 2.45) is 11.7 Å². The van der Waals surface area contributed by atoms with Crippen molar-refractivity contribution in [1.82, 2.24) is 14.6 Å². The minimum atomic E-state index is -1.16. The highest BCUT2D eigenvalue weighted by Gasteiger charge is 2.24. The van der Waals surface area contributed by atoms with E-state index in [0.717, 1.165) is 0 Å². The molecule has 0 aliphatic rings. The number of nitrogens with one attached hydrogen (secondary N) is 1. The normalized spacial score (nSPS) is 12.3. The molecule has 1 amide bonds. The topological polar surface area (TPSA) is 123 Å². The number of aromatic nitrogens is 3. The standard InChI is InChI=1S/C19H19Cl2N5O3/c1-8(2)9(3)24-18-14(11-5-4-10(16(22)27)6-13(11)20)15(21)25-17-12(19(28)29)7-23-26(17)18/h4-9,24H,1-3H3,(H2,22,27)(H,28,29). The van der Waals surface area contributed by atoms with Crippen molar-refractivity contribution in [1.29, 1.82) is 0 Å². The summed E-state index contributed by atoms with van der Waals surface area (Å²) in [4.78, 5) is 27.2. The number of amides is 1. The Hall–Kier alpha value is -2.84. The fraction of sp³-hybridized carbons (Fsp3) is 0.263. The SMILES string of the molecule is CC(C)C(C)Nc1c(-c2ccc(C(N)=O)cc2Cl)c(Cl)nc2c(C(=O)O)cnn12. The second kappa shape index (κ2) is 7.88. The number of rotatable bonds is 6. The number of nitrogens with two attached hydrogens (primary N) is 1. The molecule has 0 aliphatic carbocycles. The molecule has 3 rings (SSSR count). The average Bonchev–Trinajstić information content (AvgIpc) is 3.06. The van der Waals surface area contributed by atoms with Crippen LogP contribution in [0, 0.1) is 5.92 Å². The minimum absolute atomic E-state index is 0.00318. The fourth-order valence-electron chi connectivity index (χ4n) is 2.74. The molecule has 0 saturated heterocycles. The molecule has 8 nitrogen and oxygen atoms in total. The zero-order valence-electron chi connectivity index (χ0n) is 15.9. The number of fused-ring (bicyclic) bond motifs is 1. The first-order valence-electron chi connectivity index (χ1n) is 8.78. The Morgan fingerprint density at radius 1 is 1.24 bits per heavy atom. The first-order valence-corrected chi connectivity index (χ1v) is 9.54. The summed E-state index contributed by atoms with van der Waals surface area (Å²) in [5, 5.41) is 17.2. The van der Waals surface area contributed by atoms with Gasteiger partial charge in [-0.2, -0.15) is 9.61 Å². The van der Waals surface area contributed by atoms with Gasteiger partial charge in [0.05, 0.1) is 11.8 Å². The summed E-state index contributed by atoms with van der Waals surface area (Å²) in [5.41, 5.74) is 6.54. The zero-order valence-corrected chi connectivity index (χ0v) is 17.4. The van der Waals surface area contributed by atoms with E-state index in [0.29, 0.717) is 16.9 Å². The van der Waals surface area contributed by atoms with Crippen LogP contribution in [-0.2, 0) is 0 Å². The van der Waals surface area contributed by atoms with Gasteiger partial charge in [0, 0.05) is 22.2 Å². The smallest absolute Gasteiger partial charge is 0.341 e. The molecule has 0 bridgehead atoms. The third kappa shape index (κ3) is 3.86. The van der Waals surface area contributed by atoms with E-state index in [1.54, 1.807) is 6.07 Å². The molecular weight excluding hydrogens is 417 g/mol. The van der Waals surface area contributed by atoms with E-state index < -0.39 is 11.9 Å². The third-order valence-electron chi connectivity index (χ3n) is 4.72. The Bertz CT molecular complexity index is 1130. The van der Waals surface area contributed by atoms with Gasteiger partial charge in [-0.1, -0.05) is 43.1 Å². The molecule has 4 N–H and O–H groups in total. The Kier molecular flexibility index (Phi) is 5.68. The first-order chi connectivity index (χ1) is 13.6. The highest BCUT2D eigenvalue weighted by atomic mass is 35.5. The summed E-state index contributed by atoms with van der Waals surface area (Å²) < 4.78 is 1.39. The van der Waals surface area contributed by atoms with Gasteiger partial charge >= 0.3 is 5.97 Å². The van der Waals surface area contributed by atoms with E-state index in [1.807, 2.05) is 20.8 Å². The van der Waals surface area contributed by atoms with E-state index in [2.05, 4.69) is 15.4 Å². The van der Waals surface area contributed by atoms with Crippen LogP contribution in [0.3, 0.4) is 0 Å². The van der Waals surface area contributed by atoms with Crippen molar-refractivity contribution < 1.29 is 14.7 Å². The molecule has 2 aromatic heterocycles. The first kappa shape index (κ1) is 20.9. The number of primary amides is 1. The summed E-state index contributed by atoms with van der Waals surface area (Å²) in [5.74, 6) is -1.07. The van der Waals surface area contributed by atoms with Gasteiger partial charge in [-0.05, 0) is 25.0 Å². The van der Waals surface area contributed by atoms with Crippen LogP contribution in [0.4, 0.5) is 5.82 Å². The number of halogens is 2. The number of nitrogens with zero attached hydrogens (tertiary/aromatic N) is 3. The number of carbonyl (C=O) groups excluding carboxylic acids is 1. The number of carbonyl (C=O) groups is 2. The van der Waals surface area contributed by atoms with Gasteiger partial charge in [0.2, 0.25) is 5.91 Å². The Labute approximate surface area is 176 Å². The molecule has 1 aromatic carbocycles. The molecule has 0 radical (unpaired) electrons. The number of carboxylic acids is 1. The second-order valence-electron chi connectivity index (χ2n) is 6.96. The predicted molar refractivity (Wildman–Crippen MR) is 112 cm³/mol. The molecule has 0 spiro atoms. The van der Waals surface area contributed by atoms with Crippen LogP contribution in [0.15, 0.2) is 24.4 Å². The predicted octanol–water partition coefficient (Wildman–Crippen LogP) is 3.96. The zero-order chi connectivity index (χ0) is 21.5. The van der Waals surface area contributed by atoms with E-state index >= 15 is 0 Å². The molecular formula is C19H19Cl2N5O3. The monoisotopic (exact) mass is 435 g/mol. The summed E-state index contributed by atoms with van der Waals surface area (Å²) in [6.07, 6.45) is 1.22. The van der Waals surface area contributed by atoms with Crippen molar-refractivity contribution in [3.63, 3.8) is 0 Å². The Morgan fingerprint density at radius 2 is 1.93 bits per heavy atom. The number of aromatic carboxylic acids is 1. The van der Waals surface area contributed by atoms with Gasteiger partial charge < -0.3 is 16.2 Å². The van der Waals surface area contributed by atoms with E-state index in [1.165, 1.54) is 22.8 Å². The molecule has 1 unspecified atom stereocenters. The lowest BCUT2D eigenvalue weighted by Gasteiger charge is -2.22. The maximum atomic E-state index is 11.5. The number of hydrogen-bond donors (Lipinski definition) is 3. The number of carboxylic acid groups (broad SMARTS) is 1. The molecule has 0 fully saturated rings. The number of anilines is 1. The summed E-state index contributed by atoms with van der Waals surface area (Å²) in [6.45, 7) is 6.06. The molecule has 0 aliphatic heterocycles. The van der Waals surface area contributed by atoms with Crippen LogP contribution in [-0.4, -0.2) is 37.6 Å². The van der Waals surface area contributed by atoms with Gasteiger partial charge in [0.1, 0.15) is 16.5 Å². The molecule has 3 aromatic rings. The molecule has 1 atom stereocenters. The van der Waals surface area contributed by atoms with Crippen molar-refractivity contribution in [2.75, 3.05) is 5.32 Å². The second-order valence-corrected chi connectivity index (χ2v) is 7.73. The van der Waals surface area contributed by atoms with Crippen molar-refractivity contribution in [3.05, 3.63) is 45.7 Å². The fourth-order valence-corrected chi connectivity index (χ4v) is 3.29. The van der Waals surface area contributed by atoms with Crippen molar-refractivity contribution in [3.8, 4) is 11.1 Å². The van der Waals surface area contributed by atoms with Crippen molar-refractivity contribution in [2.45, 2.75) is 26.8 Å². The lowest BCUT2D eigenvalue weighted by Crippen LogP contribution is -2.24. The lowest BCUT2D eigenvalue weighted by molar-refractivity contribution is 0.0698. The molecule has 152 valence electrons. The van der Waals surface area contributed by atoms with Crippen LogP contribution in [0.2, 0.25) is 10.2 Å². The third-order valence-corrected chi connectivity index (χ3v) is 5.31. The van der Waals surface area contributed by atoms with Gasteiger partial charge in [-0.3, -0.25) is 4.79 Å². The summed E-state index contributed by atoms with van der Waals surface area (Å²) in [7, 11) is 0. The Morgan fingerprint density at radius 3 is 2.48 bits per heavy atom. The maximum absolute atomic E-state index is 11.5. The Balaban J connectivity index is 2.32. The molecule has 10 heteroatoms. The van der Waals surface area contributed by atoms with Gasteiger partial charge in [-0.25, -0.2) is 9.78 Å². The molecule has 2 heterocycles. The minimum Gasteiger partial charge on any atom is -0.477 e. The molecule has 29 heavy (non-hydrogen) atoms. The van der Waals surface area contributed by atoms with Gasteiger partial charge in [0.25, 0.3) is 0 Å². The van der Waals surface area contributed by atoms with E-state index in [4.69, 9.17) is 28.9 Å². The lowest BCUT2D eigenvalue weighted by atomic mass is 10.0. The van der Waals surface area contributed by atoms with Gasteiger partial charge in [-0.15, -0.1) is 0 Å². The van der Waals surface area contributed by atoms with Crippen LogP contribution in [0.25, 0.3) is 16.8 Å². The quantitative estimate of drug-likeness (QED) is 0.503. The van der Waals surface area contributed by atoms with E-state index in [-0.39, 0.29) is 38.9 Å². The van der Waals surface area contributed by atoms with Gasteiger partial charge in [0.15, 0.2) is 5.65 Å². The van der Waals surface area contributed by atoms with E-state index in [9.17, 15) is 14.7 Å². The van der Waals surface area contributed by atoms with Crippen LogP contribution in [0.5, 0.6) is 0 Å².